The van der Waals surface area contributed by atoms with Gasteiger partial charge in [-0.05, 0) is 24.6 Å². The molecule has 0 aliphatic rings. The summed E-state index contributed by atoms with van der Waals surface area (Å²) in [5.74, 6) is -0.494. The molecule has 3 nitrogen and oxygen atoms in total. The molecule has 1 aromatic carbocycles. The molecule has 0 spiro atoms. The van der Waals surface area contributed by atoms with E-state index in [0.717, 1.165) is 6.07 Å². The predicted molar refractivity (Wildman–Crippen MR) is 75.3 cm³/mol. The van der Waals surface area contributed by atoms with Crippen molar-refractivity contribution in [1.29, 1.82) is 0 Å². The lowest BCUT2D eigenvalue weighted by atomic mass is 10.1. The smallest absolute Gasteiger partial charge is 0.418 e. The average Bonchev–Trinajstić information content (AvgIpc) is 2.43. The van der Waals surface area contributed by atoms with Crippen LogP contribution in [0.5, 0.6) is 0 Å². The number of nitrogens with one attached hydrogen (secondary N) is 1. The first-order chi connectivity index (χ1) is 9.79. The third kappa shape index (κ3) is 4.97. The van der Waals surface area contributed by atoms with Crippen molar-refractivity contribution in [2.45, 2.75) is 19.5 Å². The number of halogens is 4. The molecule has 0 fully saturated rings. The van der Waals surface area contributed by atoms with Gasteiger partial charge >= 0.3 is 12.1 Å². The summed E-state index contributed by atoms with van der Waals surface area (Å²) in [5, 5.41) is 2.63. The molecule has 1 aromatic rings. The van der Waals surface area contributed by atoms with Crippen LogP contribution < -0.4 is 5.32 Å². The molecular formula is C14H15ClF3NO2. The van der Waals surface area contributed by atoms with Crippen LogP contribution in [0.3, 0.4) is 0 Å². The van der Waals surface area contributed by atoms with E-state index >= 15 is 0 Å². The van der Waals surface area contributed by atoms with Crippen LogP contribution in [0, 0.1) is 0 Å². The number of ether oxygens (including phenoxy) is 1. The first-order valence-corrected chi connectivity index (χ1v) is 6.55. The quantitative estimate of drug-likeness (QED) is 0.650. The largest absolute Gasteiger partial charge is 0.466 e. The minimum absolute atomic E-state index is 0.00669. The van der Waals surface area contributed by atoms with Crippen LogP contribution in [-0.4, -0.2) is 19.6 Å². The number of hydrogen-bond donors (Lipinski definition) is 1. The van der Waals surface area contributed by atoms with Gasteiger partial charge in [0.25, 0.3) is 0 Å². The van der Waals surface area contributed by atoms with Gasteiger partial charge in [0.2, 0.25) is 0 Å². The number of carbonyl (C=O) groups is 1. The summed E-state index contributed by atoms with van der Waals surface area (Å²) >= 11 is 5.59. The highest BCUT2D eigenvalue weighted by molar-refractivity contribution is 6.30. The zero-order chi connectivity index (χ0) is 16.0. The molecule has 0 amide bonds. The number of anilines is 1. The lowest BCUT2D eigenvalue weighted by Gasteiger charge is -2.14. The molecule has 0 bridgehead atoms. The van der Waals surface area contributed by atoms with E-state index in [1.807, 2.05) is 0 Å². The molecule has 0 atom stereocenters. The molecule has 0 saturated carbocycles. The van der Waals surface area contributed by atoms with Crippen molar-refractivity contribution in [3.8, 4) is 0 Å². The number of rotatable bonds is 5. The SMILES string of the molecule is CC/C(=C/CNc1ccc(Cl)cc1C(F)(F)F)C(=O)OC. The first-order valence-electron chi connectivity index (χ1n) is 6.17. The summed E-state index contributed by atoms with van der Waals surface area (Å²) in [6.07, 6.45) is -2.57. The van der Waals surface area contributed by atoms with Gasteiger partial charge in [0.05, 0.1) is 12.7 Å². The highest BCUT2D eigenvalue weighted by atomic mass is 35.5. The Morgan fingerprint density at radius 3 is 2.62 bits per heavy atom. The van der Waals surface area contributed by atoms with Gasteiger partial charge in [-0.15, -0.1) is 0 Å². The summed E-state index contributed by atoms with van der Waals surface area (Å²) in [5.41, 5.74) is -0.546. The Hall–Kier alpha value is -1.69. The van der Waals surface area contributed by atoms with Crippen LogP contribution in [0.4, 0.5) is 18.9 Å². The second-order valence-corrected chi connectivity index (χ2v) is 4.58. The van der Waals surface area contributed by atoms with E-state index in [9.17, 15) is 18.0 Å². The topological polar surface area (TPSA) is 38.3 Å². The molecule has 0 unspecified atom stereocenters. The third-order valence-corrected chi connectivity index (χ3v) is 2.99. The van der Waals surface area contributed by atoms with Crippen LogP contribution in [-0.2, 0) is 15.7 Å². The van der Waals surface area contributed by atoms with Gasteiger partial charge in [0.1, 0.15) is 0 Å². The van der Waals surface area contributed by atoms with Crippen molar-refractivity contribution >= 4 is 23.3 Å². The van der Waals surface area contributed by atoms with Crippen molar-refractivity contribution < 1.29 is 22.7 Å². The van der Waals surface area contributed by atoms with Crippen molar-refractivity contribution in [3.63, 3.8) is 0 Å². The summed E-state index contributed by atoms with van der Waals surface area (Å²) in [7, 11) is 1.25. The van der Waals surface area contributed by atoms with E-state index in [4.69, 9.17) is 11.6 Å². The van der Waals surface area contributed by atoms with Crippen molar-refractivity contribution in [2.24, 2.45) is 0 Å². The van der Waals surface area contributed by atoms with Gasteiger partial charge in [-0.1, -0.05) is 24.6 Å². The molecule has 0 aliphatic carbocycles. The Labute approximate surface area is 125 Å². The Bertz CT molecular complexity index is 542. The van der Waals surface area contributed by atoms with Gasteiger partial charge in [-0.2, -0.15) is 13.2 Å². The zero-order valence-corrected chi connectivity index (χ0v) is 12.3. The number of carbonyl (C=O) groups excluding carboxylic acids is 1. The fourth-order valence-electron chi connectivity index (χ4n) is 1.69. The van der Waals surface area contributed by atoms with Gasteiger partial charge in [-0.25, -0.2) is 4.79 Å². The molecule has 0 aromatic heterocycles. The number of hydrogen-bond acceptors (Lipinski definition) is 3. The van der Waals surface area contributed by atoms with Crippen LogP contribution in [0.25, 0.3) is 0 Å². The van der Waals surface area contributed by atoms with E-state index in [0.29, 0.717) is 12.0 Å². The summed E-state index contributed by atoms with van der Waals surface area (Å²) in [4.78, 5) is 11.3. The summed E-state index contributed by atoms with van der Waals surface area (Å²) in [6, 6.07) is 3.47. The minimum Gasteiger partial charge on any atom is -0.466 e. The van der Waals surface area contributed by atoms with Crippen molar-refractivity contribution in [3.05, 3.63) is 40.4 Å². The van der Waals surface area contributed by atoms with E-state index in [2.05, 4.69) is 10.1 Å². The summed E-state index contributed by atoms with van der Waals surface area (Å²) in [6.45, 7) is 1.83. The van der Waals surface area contributed by atoms with Gasteiger partial charge in [0, 0.05) is 22.8 Å². The number of alkyl halides is 3. The first kappa shape index (κ1) is 17.4. The molecule has 1 N–H and O–H groups in total. The molecular weight excluding hydrogens is 307 g/mol. The highest BCUT2D eigenvalue weighted by Crippen LogP contribution is 2.36. The molecule has 1 rings (SSSR count). The van der Waals surface area contributed by atoms with Crippen LogP contribution in [0.15, 0.2) is 29.8 Å². The Morgan fingerprint density at radius 2 is 2.10 bits per heavy atom. The van der Waals surface area contributed by atoms with Gasteiger partial charge in [0.15, 0.2) is 0 Å². The normalized spacial score (nSPS) is 12.2. The molecule has 116 valence electrons. The van der Waals surface area contributed by atoms with E-state index in [1.165, 1.54) is 25.3 Å². The molecule has 21 heavy (non-hydrogen) atoms. The highest BCUT2D eigenvalue weighted by Gasteiger charge is 2.33. The lowest BCUT2D eigenvalue weighted by Crippen LogP contribution is -2.12. The zero-order valence-electron chi connectivity index (χ0n) is 11.6. The second-order valence-electron chi connectivity index (χ2n) is 4.14. The van der Waals surface area contributed by atoms with E-state index in [1.54, 1.807) is 6.92 Å². The van der Waals surface area contributed by atoms with Crippen molar-refractivity contribution in [2.75, 3.05) is 19.0 Å². The van der Waals surface area contributed by atoms with Crippen molar-refractivity contribution in [1.82, 2.24) is 0 Å². The number of benzene rings is 1. The second kappa shape index (κ2) is 7.36. The van der Waals surface area contributed by atoms with E-state index < -0.39 is 17.7 Å². The number of esters is 1. The Kier molecular flexibility index (Phi) is 6.08. The Morgan fingerprint density at radius 1 is 1.43 bits per heavy atom. The molecule has 0 heterocycles. The summed E-state index contributed by atoms with van der Waals surface area (Å²) < 4.78 is 43.2. The number of methoxy groups -OCH3 is 1. The standard InChI is InChI=1S/C14H15ClF3NO2/c1-3-9(13(20)21-2)6-7-19-12-5-4-10(15)8-11(12)14(16,17)18/h4-6,8,19H,3,7H2,1-2H3/b9-6-. The maximum Gasteiger partial charge on any atom is 0.418 e. The average molecular weight is 322 g/mol. The van der Waals surface area contributed by atoms with Gasteiger partial charge < -0.3 is 10.1 Å². The molecule has 0 saturated heterocycles. The van der Waals surface area contributed by atoms with Gasteiger partial charge in [-0.3, -0.25) is 0 Å². The van der Waals surface area contributed by atoms with E-state index in [-0.39, 0.29) is 17.3 Å². The Balaban J connectivity index is 2.90. The molecule has 0 aliphatic heterocycles. The maximum atomic E-state index is 12.9. The third-order valence-electron chi connectivity index (χ3n) is 2.76. The predicted octanol–water partition coefficient (Wildman–Crippen LogP) is 4.28. The fourth-order valence-corrected chi connectivity index (χ4v) is 1.86. The lowest BCUT2D eigenvalue weighted by molar-refractivity contribution is -0.137. The van der Waals surface area contributed by atoms with Crippen LogP contribution in [0.1, 0.15) is 18.9 Å². The molecule has 7 heteroatoms. The van der Waals surface area contributed by atoms with Crippen LogP contribution in [0.2, 0.25) is 5.02 Å². The molecule has 0 radical (unpaired) electrons. The monoisotopic (exact) mass is 321 g/mol. The fraction of sp³-hybridized carbons (Fsp3) is 0.357. The maximum absolute atomic E-state index is 12.9. The van der Waals surface area contributed by atoms with Crippen LogP contribution >= 0.6 is 11.6 Å². The minimum atomic E-state index is -4.51.